The first-order chi connectivity index (χ1) is 15.0. The second-order valence-electron chi connectivity index (χ2n) is 6.94. The van der Waals surface area contributed by atoms with E-state index in [-0.39, 0.29) is 12.3 Å². The molecule has 156 valence electrons. The summed E-state index contributed by atoms with van der Waals surface area (Å²) in [7, 11) is -3.96. The van der Waals surface area contributed by atoms with Crippen LogP contribution >= 0.6 is 0 Å². The number of nitrogens with zero attached hydrogens (tertiary/aromatic N) is 2. The van der Waals surface area contributed by atoms with E-state index >= 15 is 0 Å². The van der Waals surface area contributed by atoms with Gasteiger partial charge in [0.15, 0.2) is 0 Å². The standard InChI is InChI=1S/C23H19N3O4S/c24-14-20-9-5-4-8-19(20)12-18-10-11-21(26-15-23(27)25-31(26,28)29)22(13-18)30-16-17-6-2-1-3-7-17/h1-11,13,15,25,27H,12,16H2. The molecule has 0 atom stereocenters. The molecular formula is C23H19N3O4S. The van der Waals surface area contributed by atoms with Crippen molar-refractivity contribution in [3.63, 3.8) is 0 Å². The maximum Gasteiger partial charge on any atom is 0.330 e. The zero-order valence-electron chi connectivity index (χ0n) is 16.4. The molecule has 0 unspecified atom stereocenters. The third-order valence-electron chi connectivity index (χ3n) is 4.76. The van der Waals surface area contributed by atoms with Crippen molar-refractivity contribution in [3.8, 4) is 11.8 Å². The van der Waals surface area contributed by atoms with Gasteiger partial charge in [-0.3, -0.25) is 0 Å². The van der Waals surface area contributed by atoms with Gasteiger partial charge in [-0.1, -0.05) is 54.6 Å². The number of nitriles is 1. The Balaban J connectivity index is 1.70. The van der Waals surface area contributed by atoms with Crippen molar-refractivity contribution in [1.29, 1.82) is 5.26 Å². The molecule has 0 amide bonds. The molecule has 0 radical (unpaired) electrons. The van der Waals surface area contributed by atoms with Crippen molar-refractivity contribution in [2.24, 2.45) is 0 Å². The van der Waals surface area contributed by atoms with Crippen molar-refractivity contribution in [1.82, 2.24) is 4.72 Å². The van der Waals surface area contributed by atoms with E-state index in [1.807, 2.05) is 53.3 Å². The molecule has 1 aliphatic rings. The van der Waals surface area contributed by atoms with E-state index in [1.165, 1.54) is 0 Å². The fraction of sp³-hybridized carbons (Fsp3) is 0.0870. The van der Waals surface area contributed by atoms with E-state index in [0.29, 0.717) is 17.7 Å². The van der Waals surface area contributed by atoms with E-state index in [0.717, 1.165) is 27.2 Å². The maximum atomic E-state index is 12.4. The zero-order valence-corrected chi connectivity index (χ0v) is 17.2. The number of anilines is 1. The molecule has 0 aliphatic carbocycles. The van der Waals surface area contributed by atoms with Crippen LogP contribution in [-0.2, 0) is 23.2 Å². The molecule has 2 N–H and O–H groups in total. The lowest BCUT2D eigenvalue weighted by atomic mass is 10.00. The predicted molar refractivity (Wildman–Crippen MR) is 116 cm³/mol. The van der Waals surface area contributed by atoms with Crippen LogP contribution in [0.3, 0.4) is 0 Å². The minimum atomic E-state index is -3.96. The molecule has 1 heterocycles. The van der Waals surface area contributed by atoms with Gasteiger partial charge >= 0.3 is 10.2 Å². The van der Waals surface area contributed by atoms with Gasteiger partial charge in [-0.15, -0.1) is 0 Å². The van der Waals surface area contributed by atoms with Gasteiger partial charge in [0.1, 0.15) is 18.0 Å². The summed E-state index contributed by atoms with van der Waals surface area (Å²) in [4.78, 5) is 0. The smallest absolute Gasteiger partial charge is 0.330 e. The number of hydrogen-bond donors (Lipinski definition) is 2. The Morgan fingerprint density at radius 1 is 1.00 bits per heavy atom. The fourth-order valence-corrected chi connectivity index (χ4v) is 4.36. The summed E-state index contributed by atoms with van der Waals surface area (Å²) in [5.74, 6) is -0.131. The highest BCUT2D eigenvalue weighted by Gasteiger charge is 2.31. The number of hydrogen-bond acceptors (Lipinski definition) is 5. The van der Waals surface area contributed by atoms with Crippen LogP contribution in [0.4, 0.5) is 5.69 Å². The second kappa shape index (κ2) is 8.42. The van der Waals surface area contributed by atoms with Crippen LogP contribution in [-0.4, -0.2) is 13.5 Å². The molecule has 0 fully saturated rings. The Morgan fingerprint density at radius 3 is 2.45 bits per heavy atom. The molecule has 0 saturated heterocycles. The molecule has 31 heavy (non-hydrogen) atoms. The van der Waals surface area contributed by atoms with Crippen LogP contribution in [0, 0.1) is 11.3 Å². The Morgan fingerprint density at radius 2 is 1.74 bits per heavy atom. The SMILES string of the molecule is N#Cc1ccccc1Cc1ccc(N2C=C(O)NS2(=O)=O)c(OCc2ccccc2)c1. The van der Waals surface area contributed by atoms with Gasteiger partial charge in [0.25, 0.3) is 0 Å². The minimum absolute atomic E-state index is 0.239. The quantitative estimate of drug-likeness (QED) is 0.617. The van der Waals surface area contributed by atoms with E-state index in [1.54, 1.807) is 24.3 Å². The van der Waals surface area contributed by atoms with Gasteiger partial charge in [0.05, 0.1) is 17.8 Å². The van der Waals surface area contributed by atoms with Crippen LogP contribution in [0.25, 0.3) is 0 Å². The summed E-state index contributed by atoms with van der Waals surface area (Å²) in [6.45, 7) is 0.239. The van der Waals surface area contributed by atoms with Crippen LogP contribution in [0.15, 0.2) is 84.9 Å². The van der Waals surface area contributed by atoms with E-state index in [2.05, 4.69) is 6.07 Å². The van der Waals surface area contributed by atoms with E-state index < -0.39 is 16.1 Å². The molecule has 7 nitrogen and oxygen atoms in total. The van der Waals surface area contributed by atoms with Crippen molar-refractivity contribution < 1.29 is 18.3 Å². The van der Waals surface area contributed by atoms with Gasteiger partial charge in [0.2, 0.25) is 5.88 Å². The average molecular weight is 433 g/mol. The lowest BCUT2D eigenvalue weighted by Crippen LogP contribution is -2.30. The average Bonchev–Trinajstić information content (AvgIpc) is 3.05. The topological polar surface area (TPSA) is 103 Å². The third-order valence-corrected chi connectivity index (χ3v) is 6.05. The Kier molecular flexibility index (Phi) is 5.52. The molecular weight excluding hydrogens is 414 g/mol. The van der Waals surface area contributed by atoms with Gasteiger partial charge in [-0.25, -0.2) is 9.03 Å². The monoisotopic (exact) mass is 433 g/mol. The maximum absolute atomic E-state index is 12.4. The Hall–Kier alpha value is -3.96. The molecule has 0 spiro atoms. The molecule has 0 aromatic heterocycles. The number of nitrogens with one attached hydrogen (secondary N) is 1. The highest BCUT2D eigenvalue weighted by molar-refractivity contribution is 7.91. The molecule has 0 saturated carbocycles. The van der Waals surface area contributed by atoms with Crippen molar-refractivity contribution in [3.05, 3.63) is 107 Å². The lowest BCUT2D eigenvalue weighted by Gasteiger charge is -2.19. The molecule has 8 heteroatoms. The summed E-state index contributed by atoms with van der Waals surface area (Å²) >= 11 is 0. The zero-order chi connectivity index (χ0) is 21.8. The molecule has 3 aromatic carbocycles. The van der Waals surface area contributed by atoms with Gasteiger partial charge in [-0.05, 0) is 41.3 Å². The first-order valence-electron chi connectivity index (χ1n) is 9.47. The molecule has 4 rings (SSSR count). The van der Waals surface area contributed by atoms with Crippen molar-refractivity contribution >= 4 is 15.9 Å². The van der Waals surface area contributed by atoms with Crippen molar-refractivity contribution in [2.45, 2.75) is 13.0 Å². The summed E-state index contributed by atoms with van der Waals surface area (Å²) in [5.41, 5.74) is 3.49. The van der Waals surface area contributed by atoms with E-state index in [9.17, 15) is 18.8 Å². The fourth-order valence-electron chi connectivity index (χ4n) is 3.29. The number of aliphatic hydroxyl groups is 1. The van der Waals surface area contributed by atoms with Gasteiger partial charge < -0.3 is 9.84 Å². The highest BCUT2D eigenvalue weighted by atomic mass is 32.2. The summed E-state index contributed by atoms with van der Waals surface area (Å²) in [6.07, 6.45) is 1.57. The van der Waals surface area contributed by atoms with Crippen LogP contribution in [0.2, 0.25) is 0 Å². The van der Waals surface area contributed by atoms with E-state index in [4.69, 9.17) is 4.74 Å². The van der Waals surface area contributed by atoms with Crippen LogP contribution in [0.5, 0.6) is 5.75 Å². The third kappa shape index (κ3) is 4.47. The summed E-state index contributed by atoms with van der Waals surface area (Å²) < 4.78 is 33.7. The highest BCUT2D eigenvalue weighted by Crippen LogP contribution is 2.35. The molecule has 3 aromatic rings. The first kappa shape index (κ1) is 20.3. The predicted octanol–water partition coefficient (Wildman–Crippen LogP) is 3.74. The largest absolute Gasteiger partial charge is 0.493 e. The number of aliphatic hydroxyl groups excluding tert-OH is 1. The Labute approximate surface area is 180 Å². The normalized spacial score (nSPS) is 14.4. The number of rotatable bonds is 6. The molecule has 0 bridgehead atoms. The number of ether oxygens (including phenoxy) is 1. The molecule has 1 aliphatic heterocycles. The summed E-state index contributed by atoms with van der Waals surface area (Å²) in [6, 6.07) is 24.2. The van der Waals surface area contributed by atoms with Gasteiger partial charge in [-0.2, -0.15) is 13.7 Å². The number of benzene rings is 3. The second-order valence-corrected chi connectivity index (χ2v) is 8.49. The van der Waals surface area contributed by atoms with Crippen molar-refractivity contribution in [2.75, 3.05) is 4.31 Å². The first-order valence-corrected chi connectivity index (χ1v) is 10.9. The van der Waals surface area contributed by atoms with Crippen LogP contribution < -0.4 is 13.8 Å². The van der Waals surface area contributed by atoms with Gasteiger partial charge in [0, 0.05) is 0 Å². The lowest BCUT2D eigenvalue weighted by molar-refractivity contribution is 0.307. The van der Waals surface area contributed by atoms with Crippen LogP contribution in [0.1, 0.15) is 22.3 Å². The Bertz CT molecular complexity index is 1280. The summed E-state index contributed by atoms with van der Waals surface area (Å²) in [5, 5.41) is 19.0. The minimum Gasteiger partial charge on any atom is -0.493 e.